The highest BCUT2D eigenvalue weighted by molar-refractivity contribution is 7.21. The lowest BCUT2D eigenvalue weighted by atomic mass is 10.2. The lowest BCUT2D eigenvalue weighted by molar-refractivity contribution is 0.0530. The number of alkyl carbamates (subject to hydrolysis) is 1. The third kappa shape index (κ3) is 7.69. The molecule has 0 aromatic heterocycles. The van der Waals surface area contributed by atoms with Crippen LogP contribution >= 0.6 is 11.3 Å². The molecule has 1 aromatic carbocycles. The lowest BCUT2D eigenvalue weighted by Gasteiger charge is -2.19. The highest BCUT2D eigenvalue weighted by Crippen LogP contribution is 2.30. The van der Waals surface area contributed by atoms with Gasteiger partial charge >= 0.3 is 6.09 Å². The van der Waals surface area contributed by atoms with Crippen LogP contribution in [0.25, 0.3) is 20.8 Å². The molecule has 2 aliphatic rings. The Morgan fingerprint density at radius 2 is 1.76 bits per heavy atom. The monoisotopic (exact) mass is 483 g/mol. The van der Waals surface area contributed by atoms with Gasteiger partial charge in [-0.05, 0) is 45.0 Å². The zero-order valence-electron chi connectivity index (χ0n) is 21.2. The Labute approximate surface area is 207 Å². The average Bonchev–Trinajstić information content (AvgIpc) is 2.79. The molecule has 1 aliphatic carbocycles. The number of ether oxygens (including phenoxy) is 1. The van der Waals surface area contributed by atoms with Crippen molar-refractivity contribution >= 4 is 33.3 Å². The van der Waals surface area contributed by atoms with Gasteiger partial charge in [0, 0.05) is 43.8 Å². The minimum absolute atomic E-state index is 0.395. The number of carbonyl (C=O) groups is 1. The van der Waals surface area contributed by atoms with Gasteiger partial charge in [0.1, 0.15) is 18.7 Å². The number of hydrogen-bond acceptors (Lipinski definition) is 5. The van der Waals surface area contributed by atoms with Crippen molar-refractivity contribution in [1.29, 1.82) is 0 Å². The smallest absolute Gasteiger partial charge is 0.407 e. The summed E-state index contributed by atoms with van der Waals surface area (Å²) in [6.45, 7) is 13.4. The summed E-state index contributed by atoms with van der Waals surface area (Å²) in [5.74, 6) is 0. The molecule has 0 radical (unpaired) electrons. The molecule has 2 N–H and O–H groups in total. The molecule has 0 bridgehead atoms. The van der Waals surface area contributed by atoms with Gasteiger partial charge in [-0.2, -0.15) is 0 Å². The summed E-state index contributed by atoms with van der Waals surface area (Å²) in [5.41, 5.74) is 2.56. The van der Waals surface area contributed by atoms with Gasteiger partial charge in [0.25, 0.3) is 0 Å². The normalized spacial score (nSPS) is 11.6. The third-order valence-electron chi connectivity index (χ3n) is 5.41. The van der Waals surface area contributed by atoms with E-state index in [0.29, 0.717) is 13.1 Å². The van der Waals surface area contributed by atoms with Gasteiger partial charge in [-0.1, -0.05) is 26.7 Å². The zero-order chi connectivity index (χ0) is 24.6. The molecule has 184 valence electrons. The number of aromatic nitrogens is 1. The summed E-state index contributed by atoms with van der Waals surface area (Å²) < 4.78 is 8.93. The van der Waals surface area contributed by atoms with Crippen molar-refractivity contribution in [3.05, 3.63) is 41.8 Å². The van der Waals surface area contributed by atoms with Gasteiger partial charge in [0.05, 0.1) is 20.8 Å². The van der Waals surface area contributed by atoms with Crippen LogP contribution < -0.4 is 20.6 Å². The molecule has 3 rings (SSSR count). The van der Waals surface area contributed by atoms with E-state index in [-0.39, 0.29) is 0 Å². The van der Waals surface area contributed by atoms with Crippen LogP contribution in [0.5, 0.6) is 0 Å². The molecule has 7 heteroatoms. The molecule has 0 saturated heterocycles. The minimum atomic E-state index is -0.490. The number of nitrogens with one attached hydrogen (secondary N) is 2. The number of nitrogens with zero attached hydrogens (tertiary/aromatic N) is 2. The van der Waals surface area contributed by atoms with Gasteiger partial charge < -0.3 is 15.4 Å². The number of benzene rings is 2. The maximum absolute atomic E-state index is 11.8. The van der Waals surface area contributed by atoms with Gasteiger partial charge in [0.15, 0.2) is 0 Å². The number of unbranched alkanes of at least 4 members (excludes halogenated alkanes) is 2. The first-order valence-electron chi connectivity index (χ1n) is 12.4. The summed E-state index contributed by atoms with van der Waals surface area (Å²) in [5, 5.41) is 7.44. The van der Waals surface area contributed by atoms with E-state index in [0.717, 1.165) is 34.7 Å². The Morgan fingerprint density at radius 3 is 2.44 bits per heavy atom. The van der Waals surface area contributed by atoms with Gasteiger partial charge in [-0.25, -0.2) is 14.4 Å². The third-order valence-corrected chi connectivity index (χ3v) is 6.51. The predicted octanol–water partition coefficient (Wildman–Crippen LogP) is 5.71. The van der Waals surface area contributed by atoms with Crippen LogP contribution in [0.3, 0.4) is 0 Å². The van der Waals surface area contributed by atoms with E-state index in [1.807, 2.05) is 26.8 Å². The summed E-state index contributed by atoms with van der Waals surface area (Å²) in [6, 6.07) is 12.9. The number of fused-ring (bicyclic) bond motifs is 2. The molecular formula is C27H39N4O2S+. The van der Waals surface area contributed by atoms with Gasteiger partial charge in [0.2, 0.25) is 5.36 Å². The van der Waals surface area contributed by atoms with Crippen molar-refractivity contribution in [1.82, 2.24) is 14.9 Å². The number of amides is 1. The summed E-state index contributed by atoms with van der Waals surface area (Å²) >= 11 is 1.78. The van der Waals surface area contributed by atoms with Crippen molar-refractivity contribution in [2.24, 2.45) is 0 Å². The molecule has 1 aromatic rings. The molecule has 6 nitrogen and oxygen atoms in total. The summed E-state index contributed by atoms with van der Waals surface area (Å²) in [6.07, 6.45) is 4.42. The molecule has 0 spiro atoms. The Bertz CT molecular complexity index is 1120. The van der Waals surface area contributed by atoms with E-state index in [4.69, 9.17) is 9.72 Å². The van der Waals surface area contributed by atoms with E-state index >= 15 is 0 Å². The Balaban J connectivity index is 1.76. The molecule has 0 unspecified atom stereocenters. The molecule has 1 amide bonds. The van der Waals surface area contributed by atoms with Crippen molar-refractivity contribution in [3.63, 3.8) is 0 Å². The van der Waals surface area contributed by atoms with Crippen molar-refractivity contribution in [2.75, 3.05) is 31.5 Å². The van der Waals surface area contributed by atoms with Crippen molar-refractivity contribution < 1.29 is 9.53 Å². The van der Waals surface area contributed by atoms with E-state index < -0.39 is 11.7 Å². The van der Waals surface area contributed by atoms with E-state index in [1.165, 1.54) is 35.9 Å². The molecule has 0 atom stereocenters. The van der Waals surface area contributed by atoms with Crippen molar-refractivity contribution in [2.45, 2.75) is 65.9 Å². The molecule has 0 saturated carbocycles. The molecular weight excluding hydrogens is 444 g/mol. The zero-order valence-corrected chi connectivity index (χ0v) is 22.1. The summed E-state index contributed by atoms with van der Waals surface area (Å²) in [4.78, 5) is 17.9. The number of carbonyl (C=O) groups excluding carboxylic acids is 1. The van der Waals surface area contributed by atoms with Crippen LogP contribution in [0.1, 0.15) is 60.3 Å². The highest BCUT2D eigenvalue weighted by Gasteiger charge is 2.15. The van der Waals surface area contributed by atoms with Crippen LogP contribution in [-0.4, -0.2) is 42.9 Å². The van der Waals surface area contributed by atoms with Crippen LogP contribution in [-0.2, 0) is 4.74 Å². The minimum Gasteiger partial charge on any atom is -0.444 e. The maximum Gasteiger partial charge on any atom is 0.407 e. The first-order chi connectivity index (χ1) is 16.3. The fraction of sp³-hybridized carbons (Fsp3) is 0.519. The van der Waals surface area contributed by atoms with Crippen LogP contribution in [0.15, 0.2) is 36.4 Å². The largest absolute Gasteiger partial charge is 0.444 e. The molecule has 34 heavy (non-hydrogen) atoms. The first-order valence-corrected chi connectivity index (χ1v) is 13.2. The second-order valence-corrected chi connectivity index (χ2v) is 10.7. The predicted molar refractivity (Wildman–Crippen MR) is 144 cm³/mol. The molecule has 1 heterocycles. The number of rotatable bonds is 10. The average molecular weight is 484 g/mol. The van der Waals surface area contributed by atoms with Gasteiger partial charge in [-0.3, -0.25) is 0 Å². The summed E-state index contributed by atoms with van der Waals surface area (Å²) in [7, 11) is 0. The second-order valence-electron chi connectivity index (χ2n) is 9.60. The van der Waals surface area contributed by atoms with E-state index in [2.05, 4.69) is 59.4 Å². The van der Waals surface area contributed by atoms with E-state index in [9.17, 15) is 4.79 Å². The van der Waals surface area contributed by atoms with E-state index in [1.54, 1.807) is 11.3 Å². The standard InChI is InChI=1S/C27H38N4O2S/c1-6-8-16-31(17-9-7-2)21-11-13-23-25(19-21)34-24-18-20(10-12-22(24)30-23)28-14-15-29-26(32)33-27(3,4)5/h10-13,18-19H,6-9,14-17H2,1-5H3,(H,29,32)/p+1. The lowest BCUT2D eigenvalue weighted by Crippen LogP contribution is -2.34. The highest BCUT2D eigenvalue weighted by atomic mass is 32.1. The topological polar surface area (TPSA) is 66.3 Å². The van der Waals surface area contributed by atoms with Crippen LogP contribution in [0, 0.1) is 0 Å². The quantitative estimate of drug-likeness (QED) is 0.220. The molecule has 1 aliphatic heterocycles. The molecule has 0 fully saturated rings. The van der Waals surface area contributed by atoms with Crippen molar-refractivity contribution in [3.8, 4) is 10.6 Å². The van der Waals surface area contributed by atoms with Crippen LogP contribution in [0.2, 0.25) is 0 Å². The fourth-order valence-electron chi connectivity index (χ4n) is 3.67. The Hall–Kier alpha value is -2.67. The fourth-order valence-corrected chi connectivity index (χ4v) is 4.71. The number of anilines is 1. The first kappa shape index (κ1) is 25.9. The van der Waals surface area contributed by atoms with Crippen LogP contribution in [0.4, 0.5) is 10.5 Å². The number of hydrogen-bond donors (Lipinski definition) is 2. The van der Waals surface area contributed by atoms with Gasteiger partial charge in [-0.15, -0.1) is 11.3 Å². The SMILES string of the molecule is CCCC[N+](CCCC)=c1ccc2nc3ccc(NCCNC(=O)OC(C)(C)C)cc3sc-2c1. The Morgan fingerprint density at radius 1 is 1.03 bits per heavy atom. The Kier molecular flexibility index (Phi) is 9.28. The second kappa shape index (κ2) is 12.2. The maximum atomic E-state index is 11.8.